The van der Waals surface area contributed by atoms with Crippen LogP contribution in [0, 0.1) is 0 Å². The second-order valence-electron chi connectivity index (χ2n) is 9.04. The van der Waals surface area contributed by atoms with E-state index in [1.54, 1.807) is 14.2 Å². The molecule has 0 radical (unpaired) electrons. The van der Waals surface area contributed by atoms with Crippen molar-refractivity contribution >= 4 is 36.0 Å². The molecule has 1 aromatic carbocycles. The number of ether oxygens (including phenoxy) is 2. The molecular weight excluding hydrogens is 509 g/mol. The summed E-state index contributed by atoms with van der Waals surface area (Å²) < 4.78 is 10.9. The van der Waals surface area contributed by atoms with Gasteiger partial charge in [0.15, 0.2) is 5.96 Å². The molecule has 1 rings (SSSR count). The minimum atomic E-state index is -0.537. The molecule has 1 unspecified atom stereocenters. The third-order valence-electron chi connectivity index (χ3n) is 4.34. The van der Waals surface area contributed by atoms with Crippen LogP contribution in [0.3, 0.4) is 0 Å². The average Bonchev–Trinajstić information content (AvgIpc) is 2.62. The second kappa shape index (κ2) is 12.9. The monoisotopic (exact) mass is 549 g/mol. The number of hydrogen-bond donors (Lipinski definition) is 3. The Morgan fingerprint density at radius 2 is 1.74 bits per heavy atom. The van der Waals surface area contributed by atoms with Crippen LogP contribution in [0.2, 0.25) is 0 Å². The molecule has 31 heavy (non-hydrogen) atoms. The van der Waals surface area contributed by atoms with E-state index in [0.717, 1.165) is 11.3 Å². The smallest absolute Gasteiger partial charge is 0.408 e. The number of likely N-dealkylation sites (N-methyl/N-ethyl adjacent to an activating group) is 1. The number of nitrogens with zero attached hydrogens (tertiary/aromatic N) is 2. The first-order chi connectivity index (χ1) is 13.9. The second-order valence-corrected chi connectivity index (χ2v) is 9.04. The van der Waals surface area contributed by atoms with Crippen molar-refractivity contribution in [2.75, 3.05) is 41.3 Å². The van der Waals surface area contributed by atoms with Gasteiger partial charge >= 0.3 is 6.09 Å². The number of alkyl carbamates (subject to hydrolysis) is 1. The minimum Gasteiger partial charge on any atom is -0.496 e. The van der Waals surface area contributed by atoms with Gasteiger partial charge < -0.3 is 30.3 Å². The van der Waals surface area contributed by atoms with Gasteiger partial charge in [0.2, 0.25) is 0 Å². The molecule has 9 heteroatoms. The number of para-hydroxylation sites is 1. The van der Waals surface area contributed by atoms with Crippen LogP contribution in [0.4, 0.5) is 4.79 Å². The van der Waals surface area contributed by atoms with Gasteiger partial charge in [-0.2, -0.15) is 0 Å². The van der Waals surface area contributed by atoms with Crippen LogP contribution in [0.5, 0.6) is 5.75 Å². The maximum Gasteiger partial charge on any atom is 0.408 e. The molecule has 0 aliphatic heterocycles. The largest absolute Gasteiger partial charge is 0.496 e. The molecule has 1 amide bonds. The lowest BCUT2D eigenvalue weighted by Gasteiger charge is -2.30. The molecule has 0 aliphatic carbocycles. The first-order valence-corrected chi connectivity index (χ1v) is 10.1. The molecule has 8 nitrogen and oxygen atoms in total. The fourth-order valence-electron chi connectivity index (χ4n) is 2.86. The van der Waals surface area contributed by atoms with E-state index < -0.39 is 17.2 Å². The van der Waals surface area contributed by atoms with Crippen LogP contribution in [0.15, 0.2) is 29.3 Å². The number of halogens is 1. The van der Waals surface area contributed by atoms with Gasteiger partial charge in [0.05, 0.1) is 18.7 Å². The standard InChI is InChI=1S/C22H39N5O3.HI/c1-21(2,3)30-20(28)26-22(4,5)15-25-19(23-6)24-14-17(27(7)8)16-12-10-11-13-18(16)29-9;/h10-13,17H,14-15H2,1-9H3,(H,26,28)(H2,23,24,25);1H. The summed E-state index contributed by atoms with van der Waals surface area (Å²) in [4.78, 5) is 18.5. The zero-order valence-corrected chi connectivity index (χ0v) is 22.7. The lowest BCUT2D eigenvalue weighted by Crippen LogP contribution is -2.54. The van der Waals surface area contributed by atoms with Crippen LogP contribution in [-0.2, 0) is 4.74 Å². The number of carbonyl (C=O) groups excluding carboxylic acids is 1. The van der Waals surface area contributed by atoms with Gasteiger partial charge in [0.25, 0.3) is 0 Å². The Balaban J connectivity index is 0.00000900. The number of rotatable bonds is 8. The van der Waals surface area contributed by atoms with Gasteiger partial charge in [0.1, 0.15) is 11.4 Å². The van der Waals surface area contributed by atoms with Crippen LogP contribution in [0.25, 0.3) is 0 Å². The number of amides is 1. The minimum absolute atomic E-state index is 0. The van der Waals surface area contributed by atoms with Crippen LogP contribution < -0.4 is 20.7 Å². The van der Waals surface area contributed by atoms with Gasteiger partial charge in [-0.25, -0.2) is 4.79 Å². The highest BCUT2D eigenvalue weighted by atomic mass is 127. The molecule has 0 saturated heterocycles. The Kier molecular flexibility index (Phi) is 12.2. The average molecular weight is 549 g/mol. The van der Waals surface area contributed by atoms with Crippen LogP contribution in [0.1, 0.15) is 46.2 Å². The summed E-state index contributed by atoms with van der Waals surface area (Å²) in [6, 6.07) is 8.08. The number of carbonyl (C=O) groups is 1. The summed E-state index contributed by atoms with van der Waals surface area (Å²) in [7, 11) is 7.46. The summed E-state index contributed by atoms with van der Waals surface area (Å²) in [5, 5.41) is 9.52. The van der Waals surface area contributed by atoms with Crippen molar-refractivity contribution in [1.82, 2.24) is 20.9 Å². The first-order valence-electron chi connectivity index (χ1n) is 10.1. The van der Waals surface area contributed by atoms with E-state index >= 15 is 0 Å². The van der Waals surface area contributed by atoms with Gasteiger partial charge in [-0.05, 0) is 54.8 Å². The third-order valence-corrected chi connectivity index (χ3v) is 4.34. The van der Waals surface area contributed by atoms with Crippen molar-refractivity contribution < 1.29 is 14.3 Å². The van der Waals surface area contributed by atoms with Crippen molar-refractivity contribution in [2.45, 2.75) is 51.8 Å². The number of hydrogen-bond acceptors (Lipinski definition) is 5. The predicted octanol–water partition coefficient (Wildman–Crippen LogP) is 3.38. The van der Waals surface area contributed by atoms with E-state index in [2.05, 4.69) is 31.9 Å². The van der Waals surface area contributed by atoms with E-state index in [1.165, 1.54) is 0 Å². The SMILES string of the molecule is CN=C(NCC(c1ccccc1OC)N(C)C)NCC(C)(C)NC(=O)OC(C)(C)C.I. The summed E-state index contributed by atoms with van der Waals surface area (Å²) in [6.45, 7) is 10.5. The lowest BCUT2D eigenvalue weighted by atomic mass is 10.0. The molecule has 178 valence electrons. The zero-order valence-electron chi connectivity index (χ0n) is 20.3. The molecule has 0 heterocycles. The third kappa shape index (κ3) is 10.9. The highest BCUT2D eigenvalue weighted by molar-refractivity contribution is 14.0. The number of methoxy groups -OCH3 is 1. The fourth-order valence-corrected chi connectivity index (χ4v) is 2.86. The first kappa shape index (κ1) is 29.2. The number of aliphatic imine (C=N–C) groups is 1. The van der Waals surface area contributed by atoms with E-state index in [0.29, 0.717) is 19.0 Å². The van der Waals surface area contributed by atoms with Gasteiger partial charge in [-0.3, -0.25) is 4.99 Å². The summed E-state index contributed by atoms with van der Waals surface area (Å²) in [5.41, 5.74) is 0.0360. The molecule has 0 aromatic heterocycles. The van der Waals surface area contributed by atoms with E-state index in [1.807, 2.05) is 66.9 Å². The van der Waals surface area contributed by atoms with Gasteiger partial charge in [0, 0.05) is 25.7 Å². The van der Waals surface area contributed by atoms with E-state index in [-0.39, 0.29) is 30.0 Å². The Bertz CT molecular complexity index is 717. The van der Waals surface area contributed by atoms with Gasteiger partial charge in [-0.15, -0.1) is 24.0 Å². The molecule has 3 N–H and O–H groups in total. The molecule has 0 spiro atoms. The molecule has 0 saturated carbocycles. The molecule has 1 atom stereocenters. The molecule has 1 aromatic rings. The van der Waals surface area contributed by atoms with Gasteiger partial charge in [-0.1, -0.05) is 18.2 Å². The topological polar surface area (TPSA) is 87.2 Å². The Morgan fingerprint density at radius 1 is 1.13 bits per heavy atom. The molecular formula is C22H40IN5O3. The van der Waals surface area contributed by atoms with Crippen molar-refractivity contribution in [3.05, 3.63) is 29.8 Å². The number of nitrogens with one attached hydrogen (secondary N) is 3. The maximum atomic E-state index is 12.1. The van der Waals surface area contributed by atoms with Crippen molar-refractivity contribution in [1.29, 1.82) is 0 Å². The molecule has 0 aliphatic rings. The van der Waals surface area contributed by atoms with E-state index in [4.69, 9.17) is 9.47 Å². The summed E-state index contributed by atoms with van der Waals surface area (Å²) >= 11 is 0. The van der Waals surface area contributed by atoms with Crippen molar-refractivity contribution in [3.8, 4) is 5.75 Å². The zero-order chi connectivity index (χ0) is 22.9. The van der Waals surface area contributed by atoms with Crippen LogP contribution >= 0.6 is 24.0 Å². The van der Waals surface area contributed by atoms with Crippen LogP contribution in [-0.4, -0.2) is 69.4 Å². The number of benzene rings is 1. The quantitative estimate of drug-likeness (QED) is 0.262. The maximum absolute atomic E-state index is 12.1. The fraction of sp³-hybridized carbons (Fsp3) is 0.636. The Labute approximate surface area is 204 Å². The molecule has 0 fully saturated rings. The number of guanidine groups is 1. The highest BCUT2D eigenvalue weighted by Gasteiger charge is 2.25. The predicted molar refractivity (Wildman–Crippen MR) is 138 cm³/mol. The normalized spacial score (nSPS) is 13.2. The highest BCUT2D eigenvalue weighted by Crippen LogP contribution is 2.27. The molecule has 0 bridgehead atoms. The Morgan fingerprint density at radius 3 is 2.26 bits per heavy atom. The summed E-state index contributed by atoms with van der Waals surface area (Å²) in [5.74, 6) is 1.50. The van der Waals surface area contributed by atoms with E-state index in [9.17, 15) is 4.79 Å². The summed E-state index contributed by atoms with van der Waals surface area (Å²) in [6.07, 6.45) is -0.443. The van der Waals surface area contributed by atoms with Crippen molar-refractivity contribution in [3.63, 3.8) is 0 Å². The Hall–Kier alpha value is -1.75. The van der Waals surface area contributed by atoms with Crippen molar-refractivity contribution in [2.24, 2.45) is 4.99 Å². The lowest BCUT2D eigenvalue weighted by molar-refractivity contribution is 0.0474.